The van der Waals surface area contributed by atoms with E-state index in [1.807, 2.05) is 30.2 Å². The summed E-state index contributed by atoms with van der Waals surface area (Å²) in [6, 6.07) is 15.3. The number of nitriles is 1. The van der Waals surface area contributed by atoms with Gasteiger partial charge in [0.2, 0.25) is 0 Å². The van der Waals surface area contributed by atoms with Gasteiger partial charge < -0.3 is 10.6 Å². The molecule has 0 radical (unpaired) electrons. The quantitative estimate of drug-likeness (QED) is 0.702. The summed E-state index contributed by atoms with van der Waals surface area (Å²) in [6.07, 6.45) is 9.99. The van der Waals surface area contributed by atoms with Crippen molar-refractivity contribution in [3.8, 4) is 17.2 Å². The maximum Gasteiger partial charge on any atom is 0.126 e. The molecule has 2 N–H and O–H groups in total. The van der Waals surface area contributed by atoms with Gasteiger partial charge in [0.1, 0.15) is 11.9 Å². The summed E-state index contributed by atoms with van der Waals surface area (Å²) in [5.74, 6) is 0.849. The Morgan fingerprint density at radius 1 is 0.929 bits per heavy atom. The van der Waals surface area contributed by atoms with Gasteiger partial charge in [-0.25, -0.2) is 4.98 Å². The summed E-state index contributed by atoms with van der Waals surface area (Å²) in [6.45, 7) is 0. The van der Waals surface area contributed by atoms with E-state index in [-0.39, 0.29) is 0 Å². The highest BCUT2D eigenvalue weighted by Gasteiger charge is 2.21. The first-order valence-electron chi connectivity index (χ1n) is 9.68. The zero-order valence-electron chi connectivity index (χ0n) is 16.0. The van der Waals surface area contributed by atoms with E-state index in [4.69, 9.17) is 5.26 Å². The molecule has 0 spiro atoms. The lowest BCUT2D eigenvalue weighted by atomic mass is 9.91. The lowest BCUT2D eigenvalue weighted by molar-refractivity contribution is 0.428. The molecule has 2 heterocycles. The van der Waals surface area contributed by atoms with Crippen LogP contribution in [0.1, 0.15) is 31.2 Å². The highest BCUT2D eigenvalue weighted by atomic mass is 15.2. The van der Waals surface area contributed by atoms with Gasteiger partial charge in [0, 0.05) is 42.8 Å². The number of nitrogens with zero attached hydrogens (tertiary/aromatic N) is 4. The summed E-state index contributed by atoms with van der Waals surface area (Å²) in [4.78, 5) is 4.31. The van der Waals surface area contributed by atoms with Crippen LogP contribution in [0.5, 0.6) is 0 Å². The number of benzene rings is 1. The van der Waals surface area contributed by atoms with Crippen molar-refractivity contribution in [2.75, 3.05) is 10.6 Å². The molecule has 3 aromatic rings. The lowest BCUT2D eigenvalue weighted by Crippen LogP contribution is -2.32. The highest BCUT2D eigenvalue weighted by Crippen LogP contribution is 2.26. The van der Waals surface area contributed by atoms with Gasteiger partial charge in [0.05, 0.1) is 11.8 Å². The molecule has 1 aliphatic carbocycles. The van der Waals surface area contributed by atoms with Crippen molar-refractivity contribution < 1.29 is 0 Å². The van der Waals surface area contributed by atoms with E-state index in [0.717, 1.165) is 42.8 Å². The Morgan fingerprint density at radius 2 is 1.64 bits per heavy atom. The van der Waals surface area contributed by atoms with Gasteiger partial charge >= 0.3 is 0 Å². The standard InChI is InChI=1S/C22H24N6/c1-28-15-18(14-25-28)17-3-5-19(6-4-17)26-20-7-9-21(10-8-20)27-22-11-2-16(12-23)13-24-22/h2-6,11,13-15,20-21,26H,7-10H2,1H3,(H,24,27). The Balaban J connectivity index is 1.27. The molecule has 0 bridgehead atoms. The van der Waals surface area contributed by atoms with Crippen molar-refractivity contribution in [2.24, 2.45) is 7.05 Å². The third-order valence-electron chi connectivity index (χ3n) is 5.27. The van der Waals surface area contributed by atoms with Gasteiger partial charge in [0.25, 0.3) is 0 Å². The molecule has 1 aromatic carbocycles. The van der Waals surface area contributed by atoms with E-state index in [0.29, 0.717) is 17.6 Å². The minimum atomic E-state index is 0.437. The van der Waals surface area contributed by atoms with E-state index in [2.05, 4.69) is 51.1 Å². The van der Waals surface area contributed by atoms with E-state index in [1.54, 1.807) is 12.3 Å². The van der Waals surface area contributed by atoms with Crippen molar-refractivity contribution in [2.45, 2.75) is 37.8 Å². The number of anilines is 2. The van der Waals surface area contributed by atoms with Crippen molar-refractivity contribution in [3.05, 3.63) is 60.6 Å². The van der Waals surface area contributed by atoms with Crippen LogP contribution in [0, 0.1) is 11.3 Å². The molecule has 0 unspecified atom stereocenters. The highest BCUT2D eigenvalue weighted by molar-refractivity contribution is 5.64. The number of hydrogen-bond donors (Lipinski definition) is 2. The second-order valence-corrected chi connectivity index (χ2v) is 7.36. The minimum Gasteiger partial charge on any atom is -0.382 e. The van der Waals surface area contributed by atoms with Gasteiger partial charge in [-0.05, 0) is 55.5 Å². The third-order valence-corrected chi connectivity index (χ3v) is 5.27. The van der Waals surface area contributed by atoms with Gasteiger partial charge in [0.15, 0.2) is 0 Å². The van der Waals surface area contributed by atoms with E-state index >= 15 is 0 Å². The van der Waals surface area contributed by atoms with Crippen LogP contribution >= 0.6 is 0 Å². The molecule has 0 amide bonds. The molecular weight excluding hydrogens is 348 g/mol. The summed E-state index contributed by atoms with van der Waals surface area (Å²) < 4.78 is 1.82. The number of nitrogens with one attached hydrogen (secondary N) is 2. The Hall–Kier alpha value is -3.33. The number of rotatable bonds is 5. The summed E-state index contributed by atoms with van der Waals surface area (Å²) in [5.41, 5.74) is 4.07. The lowest BCUT2D eigenvalue weighted by Gasteiger charge is -2.30. The number of aromatic nitrogens is 3. The van der Waals surface area contributed by atoms with Gasteiger partial charge in [-0.15, -0.1) is 0 Å². The molecule has 1 aliphatic rings. The van der Waals surface area contributed by atoms with Crippen molar-refractivity contribution >= 4 is 11.5 Å². The Bertz CT molecular complexity index is 944. The van der Waals surface area contributed by atoms with Crippen LogP contribution in [0.25, 0.3) is 11.1 Å². The van der Waals surface area contributed by atoms with Gasteiger partial charge in [-0.2, -0.15) is 10.4 Å². The second-order valence-electron chi connectivity index (χ2n) is 7.36. The zero-order valence-corrected chi connectivity index (χ0v) is 16.0. The summed E-state index contributed by atoms with van der Waals surface area (Å²) >= 11 is 0. The predicted molar refractivity (Wildman–Crippen MR) is 111 cm³/mol. The van der Waals surface area contributed by atoms with Crippen molar-refractivity contribution in [3.63, 3.8) is 0 Å². The fraction of sp³-hybridized carbons (Fsp3) is 0.318. The Labute approximate surface area is 165 Å². The Morgan fingerprint density at radius 3 is 2.21 bits per heavy atom. The average molecular weight is 372 g/mol. The number of pyridine rings is 1. The molecule has 28 heavy (non-hydrogen) atoms. The van der Waals surface area contributed by atoms with Gasteiger partial charge in [-0.1, -0.05) is 12.1 Å². The predicted octanol–water partition coefficient (Wildman–Crippen LogP) is 4.19. The normalized spacial score (nSPS) is 19.0. The molecule has 2 aromatic heterocycles. The van der Waals surface area contributed by atoms with Crippen molar-refractivity contribution in [1.82, 2.24) is 14.8 Å². The van der Waals surface area contributed by atoms with E-state index in [1.165, 1.54) is 5.56 Å². The van der Waals surface area contributed by atoms with Crippen LogP contribution in [-0.4, -0.2) is 26.8 Å². The topological polar surface area (TPSA) is 78.6 Å². The summed E-state index contributed by atoms with van der Waals surface area (Å²) in [7, 11) is 1.93. The fourth-order valence-electron chi connectivity index (χ4n) is 3.70. The largest absolute Gasteiger partial charge is 0.382 e. The number of hydrogen-bond acceptors (Lipinski definition) is 5. The molecule has 4 rings (SSSR count). The van der Waals surface area contributed by atoms with Crippen LogP contribution < -0.4 is 10.6 Å². The number of aryl methyl sites for hydroxylation is 1. The molecule has 142 valence electrons. The first-order valence-corrected chi connectivity index (χ1v) is 9.68. The Kier molecular flexibility index (Phi) is 5.24. The minimum absolute atomic E-state index is 0.437. The molecule has 6 heteroatoms. The van der Waals surface area contributed by atoms with Crippen LogP contribution in [0.3, 0.4) is 0 Å². The molecule has 0 atom stereocenters. The zero-order chi connectivity index (χ0) is 19.3. The molecule has 6 nitrogen and oxygen atoms in total. The third kappa shape index (κ3) is 4.32. The maximum atomic E-state index is 8.85. The van der Waals surface area contributed by atoms with E-state index in [9.17, 15) is 0 Å². The second kappa shape index (κ2) is 8.13. The SMILES string of the molecule is Cn1cc(-c2ccc(NC3CCC(Nc4ccc(C#N)cn4)CC3)cc2)cn1. The molecular formula is C22H24N6. The van der Waals surface area contributed by atoms with Crippen LogP contribution in [0.2, 0.25) is 0 Å². The first kappa shape index (κ1) is 18.1. The average Bonchev–Trinajstić information content (AvgIpc) is 3.17. The van der Waals surface area contributed by atoms with Crippen LogP contribution in [0.15, 0.2) is 55.0 Å². The molecule has 0 aliphatic heterocycles. The molecule has 1 fully saturated rings. The molecule has 1 saturated carbocycles. The first-order chi connectivity index (χ1) is 13.7. The van der Waals surface area contributed by atoms with Gasteiger partial charge in [-0.3, -0.25) is 4.68 Å². The van der Waals surface area contributed by atoms with Crippen LogP contribution in [-0.2, 0) is 7.05 Å². The maximum absolute atomic E-state index is 8.85. The van der Waals surface area contributed by atoms with E-state index < -0.39 is 0 Å². The summed E-state index contributed by atoms with van der Waals surface area (Å²) in [5, 5.41) is 20.2. The van der Waals surface area contributed by atoms with Crippen LogP contribution in [0.4, 0.5) is 11.5 Å². The van der Waals surface area contributed by atoms with Crippen molar-refractivity contribution in [1.29, 1.82) is 5.26 Å². The molecule has 0 saturated heterocycles. The monoisotopic (exact) mass is 372 g/mol. The smallest absolute Gasteiger partial charge is 0.126 e. The fourth-order valence-corrected chi connectivity index (χ4v) is 3.70.